The van der Waals surface area contributed by atoms with E-state index >= 15 is 0 Å². The van der Waals surface area contributed by atoms with Gasteiger partial charge in [-0.15, -0.1) is 0 Å². The second-order valence-electron chi connectivity index (χ2n) is 10.7. The molecule has 6 aromatic carbocycles. The topological polar surface area (TPSA) is 21.1 Å². The van der Waals surface area contributed by atoms with Gasteiger partial charge in [-0.2, -0.15) is 0 Å². The highest BCUT2D eigenvalue weighted by Crippen LogP contribution is 2.51. The lowest BCUT2D eigenvalue weighted by Crippen LogP contribution is -2.16. The Morgan fingerprint density at radius 3 is 2.38 bits per heavy atom. The zero-order chi connectivity index (χ0) is 27.6. The van der Waals surface area contributed by atoms with Crippen LogP contribution in [0.3, 0.4) is 0 Å². The summed E-state index contributed by atoms with van der Waals surface area (Å²) in [5.41, 5.74) is 10.4. The van der Waals surface area contributed by atoms with Crippen LogP contribution in [0.5, 0.6) is 0 Å². The molecule has 194 valence electrons. The van der Waals surface area contributed by atoms with E-state index < -0.39 is 0 Å². The first-order valence-electron chi connectivity index (χ1n) is 14.1. The molecule has 8 aromatic rings. The van der Waals surface area contributed by atoms with Crippen molar-refractivity contribution in [3.63, 3.8) is 0 Å². The molecule has 0 amide bonds. The molecule has 0 atom stereocenters. The molecule has 0 N–H and O–H groups in total. The molecule has 0 saturated heterocycles. The Morgan fingerprint density at radius 2 is 1.43 bits per heavy atom. The van der Waals surface area contributed by atoms with Crippen LogP contribution in [0, 0.1) is 12.1 Å². The molecule has 9 rings (SSSR count). The van der Waals surface area contributed by atoms with Crippen molar-refractivity contribution in [3.05, 3.63) is 152 Å². The fraction of sp³-hybridized carbons (Fsp3) is 0. The van der Waals surface area contributed by atoms with Crippen LogP contribution >= 0.6 is 0 Å². The second-order valence-corrected chi connectivity index (χ2v) is 10.7. The predicted octanol–water partition coefficient (Wildman–Crippen LogP) is 10.0. The molecular formula is C39H23N3. The Hall–Kier alpha value is -5.85. The highest BCUT2D eigenvalue weighted by molar-refractivity contribution is 6.14. The molecule has 3 nitrogen and oxygen atoms in total. The molecule has 1 aliphatic rings. The number of para-hydroxylation sites is 2. The summed E-state index contributed by atoms with van der Waals surface area (Å²) >= 11 is 0. The first-order valence-corrected chi connectivity index (χ1v) is 14.1. The summed E-state index contributed by atoms with van der Waals surface area (Å²) in [6.45, 7) is 0. The van der Waals surface area contributed by atoms with Crippen LogP contribution in [0.1, 0.15) is 0 Å². The molecule has 0 aliphatic carbocycles. The number of hydrogen-bond donors (Lipinski definition) is 0. The first kappa shape index (κ1) is 22.9. The van der Waals surface area contributed by atoms with E-state index in [0.29, 0.717) is 0 Å². The molecule has 0 saturated carbocycles. The van der Waals surface area contributed by atoms with Crippen LogP contribution in [-0.4, -0.2) is 9.55 Å². The molecule has 2 aromatic heterocycles. The standard InChI is InChI=1S/C39H23N3/c1-2-11-26(12-3-1)28-23-27-21-22-40-39-38(27)34(24-28)33-17-6-9-20-37(33)42(39)30-14-10-13-29(25-30)41-35-18-7-4-15-31(35)32-16-5-8-19-36(32)41/h1-4,6-15,17-25H. The molecule has 0 fully saturated rings. The fourth-order valence-corrected chi connectivity index (χ4v) is 6.58. The number of pyridine rings is 1. The van der Waals surface area contributed by atoms with Crippen LogP contribution in [-0.2, 0) is 0 Å². The van der Waals surface area contributed by atoms with Gasteiger partial charge in [-0.1, -0.05) is 84.9 Å². The van der Waals surface area contributed by atoms with Crippen molar-refractivity contribution >= 4 is 49.8 Å². The van der Waals surface area contributed by atoms with Crippen molar-refractivity contribution in [2.75, 3.05) is 4.90 Å². The lowest BCUT2D eigenvalue weighted by atomic mass is 9.89. The molecule has 0 radical (unpaired) electrons. The number of rotatable bonds is 3. The van der Waals surface area contributed by atoms with Gasteiger partial charge < -0.3 is 4.57 Å². The van der Waals surface area contributed by atoms with Gasteiger partial charge in [0.2, 0.25) is 0 Å². The van der Waals surface area contributed by atoms with E-state index in [1.54, 1.807) is 0 Å². The number of nitrogens with zero attached hydrogens (tertiary/aromatic N) is 3. The average molecular weight is 534 g/mol. The fourth-order valence-electron chi connectivity index (χ4n) is 6.58. The lowest BCUT2D eigenvalue weighted by molar-refractivity contribution is 1.15. The number of benzene rings is 5. The number of hydrogen-bond acceptors (Lipinski definition) is 2. The third-order valence-corrected chi connectivity index (χ3v) is 8.38. The van der Waals surface area contributed by atoms with E-state index in [1.807, 2.05) is 12.3 Å². The third kappa shape index (κ3) is 3.27. The minimum Gasteiger partial charge on any atom is -0.308 e. The normalized spacial score (nSPS) is 12.0. The van der Waals surface area contributed by atoms with Gasteiger partial charge in [0.05, 0.1) is 22.1 Å². The van der Waals surface area contributed by atoms with Crippen molar-refractivity contribution in [2.24, 2.45) is 0 Å². The molecule has 0 unspecified atom stereocenters. The summed E-state index contributed by atoms with van der Waals surface area (Å²) < 4.78 is 2.32. The number of anilines is 3. The van der Waals surface area contributed by atoms with Gasteiger partial charge in [0, 0.05) is 33.9 Å². The van der Waals surface area contributed by atoms with E-state index in [2.05, 4.69) is 149 Å². The molecule has 42 heavy (non-hydrogen) atoms. The summed E-state index contributed by atoms with van der Waals surface area (Å²) in [5.74, 6) is 0.947. The summed E-state index contributed by atoms with van der Waals surface area (Å²) in [6, 6.07) is 53.8. The minimum absolute atomic E-state index is 0.947. The van der Waals surface area contributed by atoms with E-state index in [-0.39, 0.29) is 0 Å². The Labute approximate surface area is 243 Å². The van der Waals surface area contributed by atoms with Gasteiger partial charge in [0.1, 0.15) is 5.82 Å². The largest absolute Gasteiger partial charge is 0.308 e. The van der Waals surface area contributed by atoms with E-state index in [9.17, 15) is 0 Å². The quantitative estimate of drug-likeness (QED) is 0.225. The summed E-state index contributed by atoms with van der Waals surface area (Å²) in [4.78, 5) is 7.31. The van der Waals surface area contributed by atoms with Gasteiger partial charge in [0.25, 0.3) is 0 Å². The van der Waals surface area contributed by atoms with Gasteiger partial charge >= 0.3 is 0 Å². The van der Waals surface area contributed by atoms with Crippen LogP contribution in [0.25, 0.3) is 60.5 Å². The monoisotopic (exact) mass is 533 g/mol. The minimum atomic E-state index is 0.947. The number of fused-ring (bicyclic) bond motifs is 5. The highest BCUT2D eigenvalue weighted by atomic mass is 15.2. The van der Waals surface area contributed by atoms with E-state index in [4.69, 9.17) is 4.98 Å². The molecule has 0 spiro atoms. The zero-order valence-electron chi connectivity index (χ0n) is 22.6. The molecule has 3 heteroatoms. The summed E-state index contributed by atoms with van der Waals surface area (Å²) in [6.07, 6.45) is 1.93. The van der Waals surface area contributed by atoms with Crippen molar-refractivity contribution in [3.8, 4) is 27.9 Å². The maximum absolute atomic E-state index is 5.00. The van der Waals surface area contributed by atoms with Gasteiger partial charge in [-0.05, 0) is 82.7 Å². The highest BCUT2D eigenvalue weighted by Gasteiger charge is 2.28. The second kappa shape index (κ2) is 8.83. The molecular weight excluding hydrogens is 510 g/mol. The van der Waals surface area contributed by atoms with Gasteiger partial charge in [-0.3, -0.25) is 4.90 Å². The van der Waals surface area contributed by atoms with Crippen molar-refractivity contribution in [2.45, 2.75) is 0 Å². The van der Waals surface area contributed by atoms with Crippen LogP contribution < -0.4 is 4.90 Å². The number of aromatic nitrogens is 2. The predicted molar refractivity (Wildman–Crippen MR) is 173 cm³/mol. The maximum atomic E-state index is 5.00. The Morgan fingerprint density at radius 1 is 0.595 bits per heavy atom. The summed E-state index contributed by atoms with van der Waals surface area (Å²) in [7, 11) is 0. The zero-order valence-corrected chi connectivity index (χ0v) is 22.6. The molecule has 1 aliphatic heterocycles. The van der Waals surface area contributed by atoms with Crippen molar-refractivity contribution in [1.29, 1.82) is 0 Å². The van der Waals surface area contributed by atoms with Crippen LogP contribution in [0.15, 0.2) is 140 Å². The molecule has 0 bridgehead atoms. The van der Waals surface area contributed by atoms with E-state index in [0.717, 1.165) is 39.3 Å². The molecule has 3 heterocycles. The Kier molecular flexibility index (Phi) is 4.82. The SMILES string of the molecule is c1ccc2c(c#1)c1ccccc1n2-c1cccc(N2c3ccccc3-c3cc(-c4ccccc4)cc4ccnc2c34)c1. The third-order valence-electron chi connectivity index (χ3n) is 8.38. The van der Waals surface area contributed by atoms with Crippen LogP contribution in [0.2, 0.25) is 0 Å². The van der Waals surface area contributed by atoms with E-state index in [1.165, 1.54) is 38.4 Å². The lowest BCUT2D eigenvalue weighted by Gasteiger charge is -2.33. The average Bonchev–Trinajstić information content (AvgIpc) is 3.40. The smallest absolute Gasteiger partial charge is 0.146 e. The Balaban J connectivity index is 1.29. The van der Waals surface area contributed by atoms with Crippen LogP contribution in [0.4, 0.5) is 17.2 Å². The van der Waals surface area contributed by atoms with Gasteiger partial charge in [-0.25, -0.2) is 4.98 Å². The maximum Gasteiger partial charge on any atom is 0.146 e. The Bertz CT molecular complexity index is 2260. The van der Waals surface area contributed by atoms with Crippen molar-refractivity contribution < 1.29 is 0 Å². The first-order chi connectivity index (χ1) is 20.8. The van der Waals surface area contributed by atoms with Crippen molar-refractivity contribution in [1.82, 2.24) is 9.55 Å². The van der Waals surface area contributed by atoms with Gasteiger partial charge in [0.15, 0.2) is 0 Å². The summed E-state index contributed by atoms with van der Waals surface area (Å²) in [5, 5.41) is 4.61.